The molecule has 0 bridgehead atoms. The number of thiophene rings is 1. The van der Waals surface area contributed by atoms with Gasteiger partial charge in [0, 0.05) is 22.0 Å². The maximum absolute atomic E-state index is 12.3. The Kier molecular flexibility index (Phi) is 4.92. The van der Waals surface area contributed by atoms with Crippen molar-refractivity contribution in [2.75, 3.05) is 5.32 Å². The van der Waals surface area contributed by atoms with Gasteiger partial charge in [0.1, 0.15) is 0 Å². The van der Waals surface area contributed by atoms with Gasteiger partial charge in [-0.1, -0.05) is 18.5 Å². The number of anilines is 1. The molecule has 1 aliphatic rings. The Bertz CT molecular complexity index is 757. The molecule has 1 fully saturated rings. The van der Waals surface area contributed by atoms with Gasteiger partial charge in [0.25, 0.3) is 5.91 Å². The third kappa shape index (κ3) is 3.97. The molecule has 1 aliphatic carbocycles. The van der Waals surface area contributed by atoms with E-state index < -0.39 is 0 Å². The Morgan fingerprint density at radius 2 is 1.88 bits per heavy atom. The van der Waals surface area contributed by atoms with E-state index in [0.29, 0.717) is 21.5 Å². The molecule has 1 saturated carbocycles. The summed E-state index contributed by atoms with van der Waals surface area (Å²) in [4.78, 5) is 25.2. The van der Waals surface area contributed by atoms with Gasteiger partial charge in [-0.15, -0.1) is 11.3 Å². The maximum atomic E-state index is 12.3. The van der Waals surface area contributed by atoms with Gasteiger partial charge in [-0.2, -0.15) is 0 Å². The van der Waals surface area contributed by atoms with E-state index in [1.807, 2.05) is 19.1 Å². The van der Waals surface area contributed by atoms with E-state index in [1.54, 1.807) is 24.3 Å². The van der Waals surface area contributed by atoms with E-state index in [2.05, 4.69) is 17.6 Å². The van der Waals surface area contributed by atoms with Crippen LogP contribution in [0.5, 0.6) is 0 Å². The normalized spacial score (nSPS) is 20.3. The molecule has 1 aromatic heterocycles. The Labute approximate surface area is 150 Å². The topological polar surface area (TPSA) is 58.2 Å². The van der Waals surface area contributed by atoms with Crippen molar-refractivity contribution in [2.24, 2.45) is 11.8 Å². The van der Waals surface area contributed by atoms with Crippen LogP contribution in [0.15, 0.2) is 36.4 Å². The van der Waals surface area contributed by atoms with Crippen molar-refractivity contribution in [3.05, 3.63) is 51.2 Å². The molecule has 126 valence electrons. The minimum atomic E-state index is -0.152. The monoisotopic (exact) mass is 362 g/mol. The summed E-state index contributed by atoms with van der Waals surface area (Å²) in [6.07, 6.45) is 0.955. The summed E-state index contributed by atoms with van der Waals surface area (Å²) in [5.41, 5.74) is 1.27. The summed E-state index contributed by atoms with van der Waals surface area (Å²) >= 11 is 7.38. The molecule has 0 spiro atoms. The van der Waals surface area contributed by atoms with E-state index in [4.69, 9.17) is 11.6 Å². The van der Waals surface area contributed by atoms with E-state index in [-0.39, 0.29) is 23.8 Å². The molecule has 1 heterocycles. The molecular formula is C18H19ClN2O2S. The van der Waals surface area contributed by atoms with Crippen molar-refractivity contribution in [3.63, 3.8) is 0 Å². The summed E-state index contributed by atoms with van der Waals surface area (Å²) < 4.78 is 0.705. The number of amides is 2. The highest BCUT2D eigenvalue weighted by Gasteiger charge is 2.39. The lowest BCUT2D eigenvalue weighted by Crippen LogP contribution is -2.26. The Balaban J connectivity index is 1.58. The Morgan fingerprint density at radius 3 is 2.42 bits per heavy atom. The first-order chi connectivity index (χ1) is 11.4. The molecule has 0 aliphatic heterocycles. The molecule has 2 N–H and O–H groups in total. The zero-order chi connectivity index (χ0) is 17.3. The number of halogens is 1. The first-order valence-electron chi connectivity index (χ1n) is 7.91. The zero-order valence-corrected chi connectivity index (χ0v) is 15.1. The maximum Gasteiger partial charge on any atom is 0.251 e. The number of benzene rings is 1. The van der Waals surface area contributed by atoms with Gasteiger partial charge in [0.2, 0.25) is 5.91 Å². The van der Waals surface area contributed by atoms with Gasteiger partial charge in [0.15, 0.2) is 0 Å². The zero-order valence-electron chi connectivity index (χ0n) is 13.5. The Hall–Kier alpha value is -1.85. The van der Waals surface area contributed by atoms with Crippen LogP contribution in [0.2, 0.25) is 4.34 Å². The van der Waals surface area contributed by atoms with Crippen LogP contribution >= 0.6 is 22.9 Å². The van der Waals surface area contributed by atoms with Crippen LogP contribution in [-0.2, 0) is 4.79 Å². The number of carbonyl (C=O) groups is 2. The lowest BCUT2D eigenvalue weighted by Gasteiger charge is -2.12. The van der Waals surface area contributed by atoms with E-state index >= 15 is 0 Å². The van der Waals surface area contributed by atoms with Crippen LogP contribution in [0, 0.1) is 11.8 Å². The molecule has 0 radical (unpaired) electrons. The summed E-state index contributed by atoms with van der Waals surface area (Å²) in [5, 5.41) is 5.83. The fourth-order valence-corrected chi connectivity index (χ4v) is 3.60. The van der Waals surface area contributed by atoms with Crippen molar-refractivity contribution in [3.8, 4) is 0 Å². The molecular weight excluding hydrogens is 344 g/mol. The van der Waals surface area contributed by atoms with Crippen molar-refractivity contribution in [1.82, 2.24) is 5.32 Å². The van der Waals surface area contributed by atoms with Crippen LogP contribution in [0.25, 0.3) is 0 Å². The van der Waals surface area contributed by atoms with Gasteiger partial charge in [0.05, 0.1) is 10.4 Å². The number of nitrogens with one attached hydrogen (secondary N) is 2. The standard InChI is InChI=1S/C18H19ClN2O2S/c1-10-9-14(10)18(23)21-13-5-3-12(4-6-13)17(22)20-11(2)15-7-8-16(19)24-15/h3-8,10-11,14H,9H2,1-2H3,(H,20,22)(H,21,23). The van der Waals surface area contributed by atoms with Crippen molar-refractivity contribution >= 4 is 40.4 Å². The highest BCUT2D eigenvalue weighted by molar-refractivity contribution is 7.16. The van der Waals surface area contributed by atoms with Crippen LogP contribution in [0.3, 0.4) is 0 Å². The fraction of sp³-hybridized carbons (Fsp3) is 0.333. The molecule has 2 amide bonds. The smallest absolute Gasteiger partial charge is 0.251 e. The van der Waals surface area contributed by atoms with Gasteiger partial charge < -0.3 is 10.6 Å². The van der Waals surface area contributed by atoms with E-state index in [0.717, 1.165) is 11.3 Å². The average Bonchev–Trinajstić information content (AvgIpc) is 3.12. The summed E-state index contributed by atoms with van der Waals surface area (Å²) in [6, 6.07) is 10.6. The number of carbonyl (C=O) groups excluding carboxylic acids is 2. The molecule has 24 heavy (non-hydrogen) atoms. The highest BCUT2D eigenvalue weighted by atomic mass is 35.5. The van der Waals surface area contributed by atoms with E-state index in [1.165, 1.54) is 11.3 Å². The number of hydrogen-bond donors (Lipinski definition) is 2. The fourth-order valence-electron chi connectivity index (χ4n) is 2.54. The highest BCUT2D eigenvalue weighted by Crippen LogP contribution is 2.38. The van der Waals surface area contributed by atoms with Gasteiger partial charge in [-0.05, 0) is 55.7 Å². The predicted octanol–water partition coefficient (Wildman–Crippen LogP) is 4.49. The summed E-state index contributed by atoms with van der Waals surface area (Å²) in [5.74, 6) is 0.511. The molecule has 3 atom stereocenters. The van der Waals surface area contributed by atoms with Crippen LogP contribution in [0.4, 0.5) is 5.69 Å². The van der Waals surface area contributed by atoms with Crippen LogP contribution in [0.1, 0.15) is 41.5 Å². The molecule has 4 nitrogen and oxygen atoms in total. The SMILES string of the molecule is CC(NC(=O)c1ccc(NC(=O)C2CC2C)cc1)c1ccc(Cl)s1. The largest absolute Gasteiger partial charge is 0.345 e. The minimum Gasteiger partial charge on any atom is -0.345 e. The molecule has 1 aromatic carbocycles. The second-order valence-electron chi connectivity index (χ2n) is 6.22. The third-order valence-electron chi connectivity index (χ3n) is 4.23. The molecule has 3 unspecified atom stereocenters. The van der Waals surface area contributed by atoms with E-state index in [9.17, 15) is 9.59 Å². The van der Waals surface area contributed by atoms with Crippen molar-refractivity contribution in [2.45, 2.75) is 26.3 Å². The number of hydrogen-bond acceptors (Lipinski definition) is 3. The molecule has 0 saturated heterocycles. The molecule has 2 aromatic rings. The minimum absolute atomic E-state index is 0.0582. The molecule has 6 heteroatoms. The Morgan fingerprint density at radius 1 is 1.21 bits per heavy atom. The van der Waals surface area contributed by atoms with Crippen molar-refractivity contribution in [1.29, 1.82) is 0 Å². The first kappa shape index (κ1) is 17.0. The summed E-state index contributed by atoms with van der Waals surface area (Å²) in [7, 11) is 0. The van der Waals surface area contributed by atoms with Gasteiger partial charge in [-0.25, -0.2) is 0 Å². The third-order valence-corrected chi connectivity index (χ3v) is 5.64. The predicted molar refractivity (Wildman–Crippen MR) is 97.6 cm³/mol. The molecule has 3 rings (SSSR count). The van der Waals surface area contributed by atoms with Crippen LogP contribution < -0.4 is 10.6 Å². The summed E-state index contributed by atoms with van der Waals surface area (Å²) in [6.45, 7) is 3.99. The van der Waals surface area contributed by atoms with Crippen LogP contribution in [-0.4, -0.2) is 11.8 Å². The van der Waals surface area contributed by atoms with Crippen molar-refractivity contribution < 1.29 is 9.59 Å². The quantitative estimate of drug-likeness (QED) is 0.823. The number of rotatable bonds is 5. The average molecular weight is 363 g/mol. The lowest BCUT2D eigenvalue weighted by atomic mass is 10.1. The lowest BCUT2D eigenvalue weighted by molar-refractivity contribution is -0.117. The second-order valence-corrected chi connectivity index (χ2v) is 7.97. The van der Waals surface area contributed by atoms with Gasteiger partial charge >= 0.3 is 0 Å². The van der Waals surface area contributed by atoms with Gasteiger partial charge in [-0.3, -0.25) is 9.59 Å². The first-order valence-corrected chi connectivity index (χ1v) is 9.10. The second kappa shape index (κ2) is 6.95.